The second-order valence-electron chi connectivity index (χ2n) is 10.0. The molecule has 2 aliphatic carbocycles. The zero-order chi connectivity index (χ0) is 26.2. The van der Waals surface area contributed by atoms with Crippen molar-refractivity contribution in [2.24, 2.45) is 11.8 Å². The van der Waals surface area contributed by atoms with E-state index in [2.05, 4.69) is 38.2 Å². The number of nitrogens with one attached hydrogen (secondary N) is 2. The number of urea groups is 1. The molecule has 1 aromatic heterocycles. The van der Waals surface area contributed by atoms with Gasteiger partial charge in [0.25, 0.3) is 0 Å². The molecule has 0 radical (unpaired) electrons. The van der Waals surface area contributed by atoms with Gasteiger partial charge in [-0.05, 0) is 95.1 Å². The van der Waals surface area contributed by atoms with Crippen LogP contribution in [-0.2, 0) is 18.1 Å². The number of carbonyl (C=O) groups is 1. The molecule has 194 valence electrons. The Labute approximate surface area is 226 Å². The molecule has 9 heteroatoms. The molecule has 3 aromatic rings. The van der Waals surface area contributed by atoms with Crippen LogP contribution in [0.5, 0.6) is 0 Å². The van der Waals surface area contributed by atoms with Crippen molar-refractivity contribution in [3.63, 3.8) is 0 Å². The summed E-state index contributed by atoms with van der Waals surface area (Å²) >= 11 is 2.08. The molecule has 0 aliphatic heterocycles. The molecule has 37 heavy (non-hydrogen) atoms. The van der Waals surface area contributed by atoms with Gasteiger partial charge in [0.05, 0.1) is 11.3 Å². The van der Waals surface area contributed by atoms with E-state index in [1.54, 1.807) is 18.3 Å². The van der Waals surface area contributed by atoms with Gasteiger partial charge in [0.2, 0.25) is 0 Å². The van der Waals surface area contributed by atoms with Crippen molar-refractivity contribution in [3.8, 4) is 0 Å². The average molecular weight is 623 g/mol. The number of aromatic nitrogens is 1. The van der Waals surface area contributed by atoms with E-state index in [9.17, 15) is 22.4 Å². The van der Waals surface area contributed by atoms with E-state index in [-0.39, 0.29) is 18.0 Å². The summed E-state index contributed by atoms with van der Waals surface area (Å²) in [5.41, 5.74) is -1.64. The van der Waals surface area contributed by atoms with E-state index in [4.69, 9.17) is 0 Å². The highest BCUT2D eigenvalue weighted by Gasteiger charge is 2.43. The van der Waals surface area contributed by atoms with E-state index in [0.29, 0.717) is 23.6 Å². The Balaban J connectivity index is 1.62. The first-order chi connectivity index (χ1) is 17.6. The van der Waals surface area contributed by atoms with Gasteiger partial charge in [-0.25, -0.2) is 9.18 Å². The van der Waals surface area contributed by atoms with Gasteiger partial charge in [-0.15, -0.1) is 0 Å². The third-order valence-electron chi connectivity index (χ3n) is 7.58. The zero-order valence-corrected chi connectivity index (χ0v) is 22.0. The third kappa shape index (κ3) is 5.61. The number of rotatable bonds is 6. The maximum Gasteiger partial charge on any atom is 0.416 e. The molecule has 4 atom stereocenters. The highest BCUT2D eigenvalue weighted by Crippen LogP contribution is 2.44. The van der Waals surface area contributed by atoms with Crippen LogP contribution in [0.3, 0.4) is 0 Å². The first kappa shape index (κ1) is 25.9. The number of amides is 2. The van der Waals surface area contributed by atoms with Crippen LogP contribution >= 0.6 is 22.6 Å². The minimum absolute atomic E-state index is 0.0103. The highest BCUT2D eigenvalue weighted by molar-refractivity contribution is 14.1. The highest BCUT2D eigenvalue weighted by atomic mass is 127. The summed E-state index contributed by atoms with van der Waals surface area (Å²) in [5.74, 6) is -0.0374. The number of carbonyl (C=O) groups excluding carboxylic acids is 1. The first-order valence-corrected chi connectivity index (χ1v) is 13.3. The van der Waals surface area contributed by atoms with Gasteiger partial charge < -0.3 is 10.6 Å². The fraction of sp³-hybridized carbons (Fsp3) is 0.357. The summed E-state index contributed by atoms with van der Waals surface area (Å²) in [6.07, 6.45) is 1.09. The first-order valence-electron chi connectivity index (χ1n) is 12.3. The third-order valence-corrected chi connectivity index (χ3v) is 8.21. The molecule has 0 saturated heterocycles. The van der Waals surface area contributed by atoms with Crippen LogP contribution in [0.1, 0.15) is 48.1 Å². The Morgan fingerprint density at radius 2 is 1.76 bits per heavy atom. The molecule has 4 nitrogen and oxygen atoms in total. The minimum Gasteiger partial charge on any atom is -0.335 e. The van der Waals surface area contributed by atoms with Gasteiger partial charge in [-0.2, -0.15) is 13.2 Å². The van der Waals surface area contributed by atoms with Gasteiger partial charge in [0, 0.05) is 22.2 Å². The maximum absolute atomic E-state index is 14.7. The van der Waals surface area contributed by atoms with Crippen LogP contribution in [-0.4, -0.2) is 17.1 Å². The topological polar surface area (TPSA) is 54.0 Å². The molecule has 5 rings (SSSR count). The van der Waals surface area contributed by atoms with Crippen molar-refractivity contribution in [3.05, 3.63) is 98.6 Å². The van der Waals surface area contributed by atoms with Crippen molar-refractivity contribution in [1.29, 1.82) is 0 Å². The predicted molar refractivity (Wildman–Crippen MR) is 140 cm³/mol. The lowest BCUT2D eigenvalue weighted by Gasteiger charge is -2.36. The molecule has 2 aliphatic rings. The fourth-order valence-electron chi connectivity index (χ4n) is 5.87. The number of hydrogen-bond donors (Lipinski definition) is 2. The lowest BCUT2D eigenvalue weighted by molar-refractivity contribution is -0.137. The van der Waals surface area contributed by atoms with E-state index in [1.807, 2.05) is 30.3 Å². The van der Waals surface area contributed by atoms with Crippen molar-refractivity contribution in [1.82, 2.24) is 15.6 Å². The quantitative estimate of drug-likeness (QED) is 0.234. The number of halogens is 5. The monoisotopic (exact) mass is 623 g/mol. The summed E-state index contributed by atoms with van der Waals surface area (Å²) in [6.45, 7) is 0. The van der Waals surface area contributed by atoms with Crippen LogP contribution in [0.25, 0.3) is 0 Å². The number of pyridine rings is 1. The van der Waals surface area contributed by atoms with Crippen molar-refractivity contribution in [2.75, 3.05) is 0 Å². The minimum atomic E-state index is -4.76. The Morgan fingerprint density at radius 1 is 1.00 bits per heavy atom. The molecule has 2 saturated carbocycles. The predicted octanol–water partition coefficient (Wildman–Crippen LogP) is 6.82. The van der Waals surface area contributed by atoms with Crippen LogP contribution in [0, 0.1) is 21.2 Å². The number of fused-ring (bicyclic) bond motifs is 2. The second-order valence-corrected chi connectivity index (χ2v) is 11.3. The number of nitrogens with zero attached hydrogens (tertiary/aromatic N) is 1. The standard InChI is InChI=1S/C28H26F4IN3O/c29-22-13-20(12-21(14-22)28(30,31)32)27(15-17-4-2-1-3-5-17,25-9-8-23(33)16-34-25)36-26(37)35-24-11-18-6-7-19(24)10-18/h1-5,8-9,12-14,16,18-19,24H,6-7,10-11,15H2,(H2,35,36,37)/t18-,19+,24-,27-/m1/s1. The number of benzene rings is 2. The zero-order valence-electron chi connectivity index (χ0n) is 19.9. The average Bonchev–Trinajstić information content (AvgIpc) is 3.47. The molecule has 2 amide bonds. The second kappa shape index (κ2) is 10.2. The van der Waals surface area contributed by atoms with E-state index >= 15 is 0 Å². The molecular weight excluding hydrogens is 597 g/mol. The largest absolute Gasteiger partial charge is 0.416 e. The molecule has 2 aromatic carbocycles. The van der Waals surface area contributed by atoms with E-state index < -0.39 is 29.1 Å². The van der Waals surface area contributed by atoms with Crippen LogP contribution < -0.4 is 10.6 Å². The molecule has 2 fully saturated rings. The normalized spacial score (nSPS) is 22.5. The van der Waals surface area contributed by atoms with Gasteiger partial charge in [0.15, 0.2) is 0 Å². The SMILES string of the molecule is O=C(N[C@@H]1C[C@@H]2CC[C@H]1C2)N[C@](Cc1ccccc1)(c1cc(F)cc(C(F)(F)F)c1)c1ccc(I)cn1. The van der Waals surface area contributed by atoms with Gasteiger partial charge >= 0.3 is 12.2 Å². The summed E-state index contributed by atoms with van der Waals surface area (Å²) < 4.78 is 56.8. The van der Waals surface area contributed by atoms with Crippen LogP contribution in [0.2, 0.25) is 0 Å². The molecule has 0 spiro atoms. The summed E-state index contributed by atoms with van der Waals surface area (Å²) in [5, 5.41) is 6.04. The van der Waals surface area contributed by atoms with Gasteiger partial charge in [-0.1, -0.05) is 36.8 Å². The lowest BCUT2D eigenvalue weighted by Crippen LogP contribution is -2.55. The molecule has 1 heterocycles. The molecular formula is C28H26F4IN3O. The van der Waals surface area contributed by atoms with Crippen molar-refractivity contribution < 1.29 is 22.4 Å². The maximum atomic E-state index is 14.7. The van der Waals surface area contributed by atoms with Gasteiger partial charge in [-0.3, -0.25) is 4.98 Å². The van der Waals surface area contributed by atoms with Crippen LogP contribution in [0.15, 0.2) is 66.9 Å². The number of alkyl halides is 3. The summed E-state index contributed by atoms with van der Waals surface area (Å²) in [4.78, 5) is 18.0. The fourth-order valence-corrected chi connectivity index (χ4v) is 6.19. The Hall–Kier alpha value is -2.69. The van der Waals surface area contributed by atoms with E-state index in [1.165, 1.54) is 6.42 Å². The number of hydrogen-bond acceptors (Lipinski definition) is 2. The Morgan fingerprint density at radius 3 is 2.38 bits per heavy atom. The summed E-state index contributed by atoms with van der Waals surface area (Å²) in [7, 11) is 0. The van der Waals surface area contributed by atoms with Crippen molar-refractivity contribution in [2.45, 2.75) is 49.9 Å². The smallest absolute Gasteiger partial charge is 0.335 e. The van der Waals surface area contributed by atoms with Crippen LogP contribution in [0.4, 0.5) is 22.4 Å². The Kier molecular flexibility index (Phi) is 7.17. The van der Waals surface area contributed by atoms with E-state index in [0.717, 1.165) is 40.5 Å². The molecule has 2 N–H and O–H groups in total. The molecule has 0 unspecified atom stereocenters. The van der Waals surface area contributed by atoms with Crippen molar-refractivity contribution >= 4 is 28.6 Å². The lowest BCUT2D eigenvalue weighted by atomic mass is 9.79. The van der Waals surface area contributed by atoms with Gasteiger partial charge in [0.1, 0.15) is 11.4 Å². The Bertz CT molecular complexity index is 1270. The summed E-state index contributed by atoms with van der Waals surface area (Å²) in [6, 6.07) is 14.4. The molecule has 2 bridgehead atoms.